The van der Waals surface area contributed by atoms with Crippen molar-refractivity contribution >= 4 is 27.5 Å². The van der Waals surface area contributed by atoms with Crippen molar-refractivity contribution < 1.29 is 22.4 Å². The highest BCUT2D eigenvalue weighted by Gasteiger charge is 2.33. The maximum Gasteiger partial charge on any atom is 0.264 e. The molecule has 0 heterocycles. The van der Waals surface area contributed by atoms with Crippen molar-refractivity contribution in [3.05, 3.63) is 94.8 Å². The molecule has 0 radical (unpaired) electrons. The highest BCUT2D eigenvalue weighted by atomic mass is 32.2. The molecule has 7 nitrogen and oxygen atoms in total. The Hall–Kier alpha value is -3.72. The largest absolute Gasteiger partial charge is 0.354 e. The molecule has 3 aromatic carbocycles. The fraction of sp³-hybridized carbons (Fsp3) is 0.333. The molecule has 0 unspecified atom stereocenters. The minimum Gasteiger partial charge on any atom is -0.354 e. The summed E-state index contributed by atoms with van der Waals surface area (Å²) in [5.74, 6) is -1.55. The number of anilines is 1. The predicted octanol–water partition coefficient (Wildman–Crippen LogP) is 4.89. The summed E-state index contributed by atoms with van der Waals surface area (Å²) in [5, 5.41) is 2.77. The van der Waals surface area contributed by atoms with Gasteiger partial charge in [-0.1, -0.05) is 55.0 Å². The number of hydrogen-bond acceptors (Lipinski definition) is 4. The molecule has 0 aliphatic rings. The Morgan fingerprint density at radius 1 is 0.949 bits per heavy atom. The first kappa shape index (κ1) is 29.8. The highest BCUT2D eigenvalue weighted by molar-refractivity contribution is 7.92. The van der Waals surface area contributed by atoms with Gasteiger partial charge in [0, 0.05) is 18.7 Å². The van der Waals surface area contributed by atoms with Gasteiger partial charge in [0.05, 0.1) is 10.6 Å². The summed E-state index contributed by atoms with van der Waals surface area (Å²) in [6.45, 7) is 8.63. The zero-order valence-electron chi connectivity index (χ0n) is 23.1. The number of hydrogen-bond donors (Lipinski definition) is 1. The average Bonchev–Trinajstić information content (AvgIpc) is 2.91. The van der Waals surface area contributed by atoms with Gasteiger partial charge in [0.15, 0.2) is 0 Å². The molecular weight excluding hydrogens is 517 g/mol. The van der Waals surface area contributed by atoms with Gasteiger partial charge in [0.25, 0.3) is 10.0 Å². The maximum atomic E-state index is 14.6. The van der Waals surface area contributed by atoms with E-state index in [1.807, 2.05) is 26.8 Å². The van der Waals surface area contributed by atoms with Crippen LogP contribution in [0.5, 0.6) is 0 Å². The van der Waals surface area contributed by atoms with Crippen molar-refractivity contribution in [3.8, 4) is 0 Å². The standard InChI is InChI=1S/C30H36FN3O4S/c1-6-18-32-30(36)24(5)33(19-25-11-7-8-12-27(25)31)29(35)20-34(28-13-9-10-22(3)23(28)4)39(37,38)26-16-14-21(2)15-17-26/h7-17,24H,6,18-20H2,1-5H3,(H,32,36)/t24-/m1/s1. The third-order valence-corrected chi connectivity index (χ3v) is 8.52. The predicted molar refractivity (Wildman–Crippen MR) is 151 cm³/mol. The second kappa shape index (κ2) is 12.9. The Morgan fingerprint density at radius 3 is 2.26 bits per heavy atom. The highest BCUT2D eigenvalue weighted by Crippen LogP contribution is 2.29. The molecule has 0 bridgehead atoms. The van der Waals surface area contributed by atoms with Crippen molar-refractivity contribution in [1.82, 2.24) is 10.2 Å². The third-order valence-electron chi connectivity index (χ3n) is 6.75. The lowest BCUT2D eigenvalue weighted by atomic mass is 10.1. The first-order valence-corrected chi connectivity index (χ1v) is 14.4. The van der Waals surface area contributed by atoms with Crippen LogP contribution in [0.3, 0.4) is 0 Å². The van der Waals surface area contributed by atoms with Crippen LogP contribution in [-0.4, -0.2) is 44.3 Å². The summed E-state index contributed by atoms with van der Waals surface area (Å²) in [7, 11) is -4.17. The molecule has 9 heteroatoms. The SMILES string of the molecule is CCCNC(=O)[C@@H](C)N(Cc1ccccc1F)C(=O)CN(c1cccc(C)c1C)S(=O)(=O)c1ccc(C)cc1. The molecule has 0 spiro atoms. The van der Waals surface area contributed by atoms with Crippen molar-refractivity contribution in [2.75, 3.05) is 17.4 Å². The first-order chi connectivity index (χ1) is 18.5. The van der Waals surface area contributed by atoms with E-state index >= 15 is 0 Å². The normalized spacial score (nSPS) is 12.1. The lowest BCUT2D eigenvalue weighted by Gasteiger charge is -2.32. The summed E-state index contributed by atoms with van der Waals surface area (Å²) >= 11 is 0. The quantitative estimate of drug-likeness (QED) is 0.366. The molecular formula is C30H36FN3O4S. The number of benzene rings is 3. The van der Waals surface area contributed by atoms with Crippen molar-refractivity contribution in [2.24, 2.45) is 0 Å². The van der Waals surface area contributed by atoms with Gasteiger partial charge in [-0.25, -0.2) is 12.8 Å². The lowest BCUT2D eigenvalue weighted by molar-refractivity contribution is -0.139. The van der Waals surface area contributed by atoms with Crippen LogP contribution in [0.2, 0.25) is 0 Å². The lowest BCUT2D eigenvalue weighted by Crippen LogP contribution is -2.51. The molecule has 0 saturated carbocycles. The zero-order valence-corrected chi connectivity index (χ0v) is 23.9. The Bertz CT molecular complexity index is 1420. The summed E-state index contributed by atoms with van der Waals surface area (Å²) < 4.78 is 43.6. The monoisotopic (exact) mass is 553 g/mol. The molecule has 3 rings (SSSR count). The zero-order chi connectivity index (χ0) is 28.7. The van der Waals surface area contributed by atoms with E-state index in [2.05, 4.69) is 5.32 Å². The van der Waals surface area contributed by atoms with Gasteiger partial charge in [0.2, 0.25) is 11.8 Å². The molecule has 0 aliphatic heterocycles. The van der Waals surface area contributed by atoms with E-state index in [9.17, 15) is 22.4 Å². The molecule has 2 amide bonds. The smallest absolute Gasteiger partial charge is 0.264 e. The van der Waals surface area contributed by atoms with Crippen LogP contribution in [0.15, 0.2) is 71.6 Å². The van der Waals surface area contributed by atoms with Crippen LogP contribution < -0.4 is 9.62 Å². The number of halogens is 1. The van der Waals surface area contributed by atoms with Crippen LogP contribution in [0.4, 0.5) is 10.1 Å². The number of nitrogens with one attached hydrogen (secondary N) is 1. The third kappa shape index (κ3) is 7.03. The van der Waals surface area contributed by atoms with Gasteiger partial charge < -0.3 is 10.2 Å². The van der Waals surface area contributed by atoms with Gasteiger partial charge in [-0.15, -0.1) is 0 Å². The molecule has 0 aromatic heterocycles. The van der Waals surface area contributed by atoms with Crippen LogP contribution in [0.1, 0.15) is 42.5 Å². The first-order valence-electron chi connectivity index (χ1n) is 12.9. The number of carbonyl (C=O) groups excluding carboxylic acids is 2. The minimum atomic E-state index is -4.17. The van der Waals surface area contributed by atoms with E-state index in [-0.39, 0.29) is 17.0 Å². The van der Waals surface area contributed by atoms with Crippen LogP contribution in [0, 0.1) is 26.6 Å². The van der Waals surface area contributed by atoms with Gasteiger partial charge in [-0.3, -0.25) is 13.9 Å². The molecule has 39 heavy (non-hydrogen) atoms. The molecule has 0 saturated heterocycles. The van der Waals surface area contributed by atoms with Gasteiger partial charge in [0.1, 0.15) is 18.4 Å². The second-order valence-electron chi connectivity index (χ2n) is 9.62. The number of aryl methyl sites for hydroxylation is 2. The van der Waals surface area contributed by atoms with Crippen LogP contribution in [-0.2, 0) is 26.2 Å². The minimum absolute atomic E-state index is 0.0381. The van der Waals surface area contributed by atoms with Gasteiger partial charge in [-0.2, -0.15) is 0 Å². The van der Waals surface area contributed by atoms with Gasteiger partial charge >= 0.3 is 0 Å². The molecule has 0 aliphatic carbocycles. The van der Waals surface area contributed by atoms with E-state index in [1.165, 1.54) is 29.2 Å². The van der Waals surface area contributed by atoms with Crippen molar-refractivity contribution in [2.45, 2.75) is 58.5 Å². The molecule has 208 valence electrons. The van der Waals surface area contributed by atoms with Crippen molar-refractivity contribution in [3.63, 3.8) is 0 Å². The van der Waals surface area contributed by atoms with E-state index in [4.69, 9.17) is 0 Å². The Morgan fingerprint density at radius 2 is 1.62 bits per heavy atom. The van der Waals surface area contributed by atoms with E-state index in [0.29, 0.717) is 24.2 Å². The summed E-state index contributed by atoms with van der Waals surface area (Å²) in [4.78, 5) is 28.1. The fourth-order valence-corrected chi connectivity index (χ4v) is 5.62. The topological polar surface area (TPSA) is 86.8 Å². The van der Waals surface area contributed by atoms with E-state index in [1.54, 1.807) is 50.2 Å². The number of nitrogens with zero attached hydrogens (tertiary/aromatic N) is 2. The molecule has 0 fully saturated rings. The molecule has 3 aromatic rings. The van der Waals surface area contributed by atoms with E-state index in [0.717, 1.165) is 15.4 Å². The Kier molecular flexibility index (Phi) is 9.86. The molecule has 1 N–H and O–H groups in total. The maximum absolute atomic E-state index is 14.6. The number of carbonyl (C=O) groups is 2. The van der Waals surface area contributed by atoms with Crippen molar-refractivity contribution in [1.29, 1.82) is 0 Å². The molecule has 1 atom stereocenters. The summed E-state index contributed by atoms with van der Waals surface area (Å²) in [5.41, 5.74) is 3.04. The summed E-state index contributed by atoms with van der Waals surface area (Å²) in [6.07, 6.45) is 0.703. The fourth-order valence-electron chi connectivity index (χ4n) is 4.15. The number of rotatable bonds is 11. The Labute approximate surface area is 230 Å². The Balaban J connectivity index is 2.07. The number of amides is 2. The number of sulfonamides is 1. The van der Waals surface area contributed by atoms with Gasteiger partial charge in [-0.05, 0) is 69.5 Å². The van der Waals surface area contributed by atoms with Crippen LogP contribution in [0.25, 0.3) is 0 Å². The second-order valence-corrected chi connectivity index (χ2v) is 11.5. The van der Waals surface area contributed by atoms with E-state index < -0.39 is 40.2 Å². The summed E-state index contributed by atoms with van der Waals surface area (Å²) in [6, 6.07) is 16.7. The average molecular weight is 554 g/mol. The van der Waals surface area contributed by atoms with Crippen LogP contribution >= 0.6 is 0 Å².